The van der Waals surface area contributed by atoms with Gasteiger partial charge < -0.3 is 10.3 Å². The number of aromatic nitrogens is 2. The Morgan fingerprint density at radius 3 is 2.79 bits per heavy atom. The highest BCUT2D eigenvalue weighted by Gasteiger charge is 2.27. The van der Waals surface area contributed by atoms with Crippen molar-refractivity contribution in [3.63, 3.8) is 0 Å². The van der Waals surface area contributed by atoms with Gasteiger partial charge in [0.15, 0.2) is 0 Å². The summed E-state index contributed by atoms with van der Waals surface area (Å²) in [6, 6.07) is 0.710. The Kier molecular flexibility index (Phi) is 5.03. The Morgan fingerprint density at radius 2 is 2.11 bits per heavy atom. The highest BCUT2D eigenvalue weighted by molar-refractivity contribution is 4.88. The van der Waals surface area contributed by atoms with E-state index in [4.69, 9.17) is 0 Å². The van der Waals surface area contributed by atoms with Crippen molar-refractivity contribution in [3.05, 3.63) is 18.2 Å². The first-order chi connectivity index (χ1) is 9.05. The zero-order valence-corrected chi connectivity index (χ0v) is 12.7. The van der Waals surface area contributed by atoms with Crippen molar-refractivity contribution in [1.29, 1.82) is 0 Å². The van der Waals surface area contributed by atoms with Crippen molar-refractivity contribution in [3.8, 4) is 0 Å². The van der Waals surface area contributed by atoms with Crippen molar-refractivity contribution in [2.45, 2.75) is 65.3 Å². The number of aromatic amines is 1. The SMILES string of the molecule is CC(C)(C)C1CCCC(NCCc2ncc[nH]2)CC1. The van der Waals surface area contributed by atoms with E-state index in [0.717, 1.165) is 24.7 Å². The smallest absolute Gasteiger partial charge is 0.107 e. The maximum absolute atomic E-state index is 4.27. The first-order valence-corrected chi connectivity index (χ1v) is 7.77. The lowest BCUT2D eigenvalue weighted by molar-refractivity contribution is 0.213. The van der Waals surface area contributed by atoms with E-state index in [1.165, 1.54) is 32.1 Å². The molecule has 1 aromatic heterocycles. The number of hydrogen-bond acceptors (Lipinski definition) is 2. The molecule has 0 aromatic carbocycles. The van der Waals surface area contributed by atoms with Gasteiger partial charge in [-0.2, -0.15) is 0 Å². The molecule has 0 spiro atoms. The van der Waals surface area contributed by atoms with Gasteiger partial charge >= 0.3 is 0 Å². The number of hydrogen-bond donors (Lipinski definition) is 2. The second kappa shape index (κ2) is 6.56. The molecule has 0 saturated heterocycles. The highest BCUT2D eigenvalue weighted by atomic mass is 14.9. The summed E-state index contributed by atoms with van der Waals surface area (Å²) in [6.45, 7) is 8.21. The first-order valence-electron chi connectivity index (χ1n) is 7.77. The predicted molar refractivity (Wildman–Crippen MR) is 80.1 cm³/mol. The van der Waals surface area contributed by atoms with E-state index in [1.807, 2.05) is 12.4 Å². The number of nitrogens with zero attached hydrogens (tertiary/aromatic N) is 1. The summed E-state index contributed by atoms with van der Waals surface area (Å²) in [5.41, 5.74) is 0.475. The van der Waals surface area contributed by atoms with E-state index < -0.39 is 0 Å². The van der Waals surface area contributed by atoms with Crippen LogP contribution in [0.4, 0.5) is 0 Å². The van der Waals surface area contributed by atoms with Gasteiger partial charge in [0.25, 0.3) is 0 Å². The van der Waals surface area contributed by atoms with Crippen LogP contribution in [0.3, 0.4) is 0 Å². The van der Waals surface area contributed by atoms with E-state index in [-0.39, 0.29) is 0 Å². The van der Waals surface area contributed by atoms with Gasteiger partial charge in [0.05, 0.1) is 0 Å². The molecule has 3 nitrogen and oxygen atoms in total. The molecule has 1 aromatic rings. The summed E-state index contributed by atoms with van der Waals surface area (Å²) in [4.78, 5) is 7.43. The van der Waals surface area contributed by atoms with Gasteiger partial charge in [0, 0.05) is 31.4 Å². The quantitative estimate of drug-likeness (QED) is 0.816. The average molecular weight is 263 g/mol. The van der Waals surface area contributed by atoms with Crippen LogP contribution >= 0.6 is 0 Å². The molecule has 0 amide bonds. The van der Waals surface area contributed by atoms with Crippen LogP contribution in [-0.4, -0.2) is 22.6 Å². The molecule has 1 aliphatic carbocycles. The van der Waals surface area contributed by atoms with Gasteiger partial charge in [-0.15, -0.1) is 0 Å². The van der Waals surface area contributed by atoms with Crippen molar-refractivity contribution < 1.29 is 0 Å². The summed E-state index contributed by atoms with van der Waals surface area (Å²) in [6.07, 6.45) is 11.6. The van der Waals surface area contributed by atoms with E-state index in [2.05, 4.69) is 36.1 Å². The van der Waals surface area contributed by atoms with Crippen LogP contribution < -0.4 is 5.32 Å². The molecule has 0 bridgehead atoms. The minimum atomic E-state index is 0.475. The molecule has 3 heteroatoms. The largest absolute Gasteiger partial charge is 0.349 e. The second-order valence-corrected chi connectivity index (χ2v) is 7.01. The zero-order valence-electron chi connectivity index (χ0n) is 12.7. The molecule has 19 heavy (non-hydrogen) atoms. The summed E-state index contributed by atoms with van der Waals surface area (Å²) < 4.78 is 0. The fourth-order valence-corrected chi connectivity index (χ4v) is 3.20. The van der Waals surface area contributed by atoms with Gasteiger partial charge in [-0.05, 0) is 37.0 Å². The van der Waals surface area contributed by atoms with Crippen molar-refractivity contribution in [1.82, 2.24) is 15.3 Å². The van der Waals surface area contributed by atoms with Crippen LogP contribution in [0.15, 0.2) is 12.4 Å². The molecule has 2 rings (SSSR count). The third-order valence-corrected chi connectivity index (χ3v) is 4.54. The van der Waals surface area contributed by atoms with Crippen LogP contribution in [0.1, 0.15) is 58.7 Å². The fraction of sp³-hybridized carbons (Fsp3) is 0.812. The van der Waals surface area contributed by atoms with Crippen LogP contribution in [-0.2, 0) is 6.42 Å². The summed E-state index contributed by atoms with van der Waals surface area (Å²) in [7, 11) is 0. The van der Waals surface area contributed by atoms with E-state index >= 15 is 0 Å². The van der Waals surface area contributed by atoms with Crippen molar-refractivity contribution in [2.24, 2.45) is 11.3 Å². The molecule has 1 aliphatic rings. The van der Waals surface area contributed by atoms with Crippen molar-refractivity contribution >= 4 is 0 Å². The van der Waals surface area contributed by atoms with Gasteiger partial charge in [0.2, 0.25) is 0 Å². The van der Waals surface area contributed by atoms with E-state index in [9.17, 15) is 0 Å². The molecule has 2 atom stereocenters. The Hall–Kier alpha value is -0.830. The third-order valence-electron chi connectivity index (χ3n) is 4.54. The monoisotopic (exact) mass is 263 g/mol. The van der Waals surface area contributed by atoms with Gasteiger partial charge in [0.1, 0.15) is 5.82 Å². The Balaban J connectivity index is 1.71. The van der Waals surface area contributed by atoms with Crippen LogP contribution in [0, 0.1) is 11.3 Å². The van der Waals surface area contributed by atoms with E-state index in [0.29, 0.717) is 11.5 Å². The lowest BCUT2D eigenvalue weighted by Crippen LogP contribution is -2.30. The third kappa shape index (κ3) is 4.64. The minimum absolute atomic E-state index is 0.475. The molecule has 1 saturated carbocycles. The average Bonchev–Trinajstić information content (AvgIpc) is 2.72. The second-order valence-electron chi connectivity index (χ2n) is 7.01. The minimum Gasteiger partial charge on any atom is -0.349 e. The summed E-state index contributed by atoms with van der Waals surface area (Å²) >= 11 is 0. The van der Waals surface area contributed by atoms with E-state index in [1.54, 1.807) is 0 Å². The fourth-order valence-electron chi connectivity index (χ4n) is 3.20. The number of H-pyrrole nitrogens is 1. The normalized spacial score (nSPS) is 25.2. The first kappa shape index (κ1) is 14.6. The highest BCUT2D eigenvalue weighted by Crippen LogP contribution is 2.36. The summed E-state index contributed by atoms with van der Waals surface area (Å²) in [5, 5.41) is 3.71. The molecule has 0 aliphatic heterocycles. The molecule has 2 N–H and O–H groups in total. The molecule has 1 fully saturated rings. The lowest BCUT2D eigenvalue weighted by atomic mass is 9.76. The molecule has 0 radical (unpaired) electrons. The maximum atomic E-state index is 4.27. The Bertz CT molecular complexity index is 351. The predicted octanol–water partition coefficient (Wildman–Crippen LogP) is 3.54. The molecular formula is C16H29N3. The number of imidazole rings is 1. The van der Waals surface area contributed by atoms with Crippen LogP contribution in [0.25, 0.3) is 0 Å². The zero-order chi connectivity index (χ0) is 13.7. The van der Waals surface area contributed by atoms with Crippen LogP contribution in [0.2, 0.25) is 0 Å². The topological polar surface area (TPSA) is 40.7 Å². The van der Waals surface area contributed by atoms with Crippen LogP contribution in [0.5, 0.6) is 0 Å². The number of nitrogens with one attached hydrogen (secondary N) is 2. The van der Waals surface area contributed by atoms with Gasteiger partial charge in [-0.1, -0.05) is 27.2 Å². The summed E-state index contributed by atoms with van der Waals surface area (Å²) in [5.74, 6) is 1.98. The Morgan fingerprint density at radius 1 is 1.26 bits per heavy atom. The standard InChI is InChI=1S/C16H29N3/c1-16(2,3)13-5-4-6-14(8-7-13)17-10-9-15-18-11-12-19-15/h11-14,17H,4-10H2,1-3H3,(H,18,19). The van der Waals surface area contributed by atoms with Gasteiger partial charge in [-0.3, -0.25) is 0 Å². The van der Waals surface area contributed by atoms with Gasteiger partial charge in [-0.25, -0.2) is 4.98 Å². The molecule has 2 unspecified atom stereocenters. The number of rotatable bonds is 4. The van der Waals surface area contributed by atoms with Crippen molar-refractivity contribution in [2.75, 3.05) is 6.54 Å². The molecular weight excluding hydrogens is 234 g/mol. The Labute approximate surface area is 117 Å². The lowest BCUT2D eigenvalue weighted by Gasteiger charge is -2.29. The molecule has 108 valence electrons. The maximum Gasteiger partial charge on any atom is 0.107 e. The molecule has 1 heterocycles.